The summed E-state index contributed by atoms with van der Waals surface area (Å²) >= 11 is 0. The molecule has 0 saturated carbocycles. The summed E-state index contributed by atoms with van der Waals surface area (Å²) in [6, 6.07) is 4.10. The monoisotopic (exact) mass is 421 g/mol. The predicted molar refractivity (Wildman–Crippen MR) is 114 cm³/mol. The number of nitrogens with two attached hydrogens (primary N) is 2. The fourth-order valence-electron chi connectivity index (χ4n) is 4.23. The lowest BCUT2D eigenvalue weighted by Gasteiger charge is -2.36. The van der Waals surface area contributed by atoms with Crippen LogP contribution in [0.5, 0.6) is 0 Å². The molecule has 0 spiro atoms. The van der Waals surface area contributed by atoms with Crippen LogP contribution in [0, 0.1) is 17.8 Å². The molecule has 5 nitrogen and oxygen atoms in total. The van der Waals surface area contributed by atoms with Gasteiger partial charge in [-0.25, -0.2) is 4.99 Å². The number of hydrogen-bond donors (Lipinski definition) is 2. The third kappa shape index (κ3) is 4.96. The molecule has 1 aromatic heterocycles. The number of hydrogen-bond acceptors (Lipinski definition) is 5. The van der Waals surface area contributed by atoms with Crippen molar-refractivity contribution in [2.24, 2.45) is 34.2 Å². The summed E-state index contributed by atoms with van der Waals surface area (Å²) in [5.74, 6) is -1.50. The van der Waals surface area contributed by atoms with E-state index in [1.807, 2.05) is 12.3 Å². The number of aromatic nitrogens is 1. The lowest BCUT2D eigenvalue weighted by atomic mass is 9.83. The number of alkyl halides is 3. The highest BCUT2D eigenvalue weighted by Crippen LogP contribution is 2.41. The van der Waals surface area contributed by atoms with Gasteiger partial charge in [0.1, 0.15) is 5.84 Å². The Hall–Kier alpha value is -2.51. The molecule has 0 aromatic carbocycles. The molecule has 164 valence electrons. The first-order valence-electron chi connectivity index (χ1n) is 10.3. The Morgan fingerprint density at radius 1 is 1.27 bits per heavy atom. The number of nitrogens with zero attached hydrogens (tertiary/aromatic N) is 3. The zero-order valence-corrected chi connectivity index (χ0v) is 17.5. The molecule has 2 aliphatic rings. The van der Waals surface area contributed by atoms with Crippen LogP contribution in [0.1, 0.15) is 38.8 Å². The van der Waals surface area contributed by atoms with Gasteiger partial charge in [0.05, 0.1) is 17.8 Å². The fourth-order valence-corrected chi connectivity index (χ4v) is 4.23. The molecule has 4 N–H and O–H groups in total. The van der Waals surface area contributed by atoms with Gasteiger partial charge in [-0.3, -0.25) is 4.98 Å². The van der Waals surface area contributed by atoms with Crippen molar-refractivity contribution in [3.05, 3.63) is 47.6 Å². The molecule has 8 heteroatoms. The standard InChI is InChI=1S/C22H30F3N5/c1-13(2)10-16-4-5-17(12-28-16)30-8-6-15(7-9-30)20(26)19-18(22(23,24)25)11-14(3)29-21(19)27/h4-5,12-13,15,18H,3,6-11,26H2,1-2H3,(H2,27,29). The molecule has 0 bridgehead atoms. The molecule has 1 aromatic rings. The van der Waals surface area contributed by atoms with Crippen LogP contribution in [0.4, 0.5) is 18.9 Å². The summed E-state index contributed by atoms with van der Waals surface area (Å²) in [5, 5.41) is 0. The normalized spacial score (nSPS) is 23.0. The second kappa shape index (κ2) is 8.70. The van der Waals surface area contributed by atoms with Gasteiger partial charge in [-0.15, -0.1) is 0 Å². The number of rotatable bonds is 4. The topological polar surface area (TPSA) is 80.5 Å². The number of piperidine rings is 1. The van der Waals surface area contributed by atoms with Crippen LogP contribution in [0.2, 0.25) is 0 Å². The minimum absolute atomic E-state index is 0.0620. The highest BCUT2D eigenvalue weighted by Gasteiger charge is 2.46. The van der Waals surface area contributed by atoms with Crippen molar-refractivity contribution >= 4 is 11.5 Å². The molecule has 2 aliphatic heterocycles. The van der Waals surface area contributed by atoms with Crippen LogP contribution in [0.25, 0.3) is 0 Å². The van der Waals surface area contributed by atoms with E-state index >= 15 is 0 Å². The highest BCUT2D eigenvalue weighted by molar-refractivity contribution is 5.99. The Balaban J connectivity index is 1.73. The van der Waals surface area contributed by atoms with E-state index in [1.54, 1.807) is 0 Å². The Kier molecular flexibility index (Phi) is 6.43. The third-order valence-corrected chi connectivity index (χ3v) is 5.78. The first-order chi connectivity index (χ1) is 14.1. The first-order valence-corrected chi connectivity index (χ1v) is 10.3. The van der Waals surface area contributed by atoms with Crippen LogP contribution in [-0.2, 0) is 6.42 Å². The minimum Gasteiger partial charge on any atom is -0.401 e. The Morgan fingerprint density at radius 2 is 1.93 bits per heavy atom. The van der Waals surface area contributed by atoms with E-state index in [0.717, 1.165) is 17.8 Å². The highest BCUT2D eigenvalue weighted by atomic mass is 19.4. The fraction of sp³-hybridized carbons (Fsp3) is 0.545. The quantitative estimate of drug-likeness (QED) is 0.765. The molecule has 3 heterocycles. The lowest BCUT2D eigenvalue weighted by Crippen LogP contribution is -2.40. The summed E-state index contributed by atoms with van der Waals surface area (Å²) in [4.78, 5) is 10.7. The van der Waals surface area contributed by atoms with Gasteiger partial charge >= 0.3 is 6.18 Å². The van der Waals surface area contributed by atoms with Crippen molar-refractivity contribution in [2.45, 2.75) is 45.7 Å². The van der Waals surface area contributed by atoms with Crippen molar-refractivity contribution in [1.82, 2.24) is 4.98 Å². The van der Waals surface area contributed by atoms with Gasteiger partial charge in [0, 0.05) is 48.1 Å². The lowest BCUT2D eigenvalue weighted by molar-refractivity contribution is -0.163. The SMILES string of the molecule is C=C1CC(C(F)(F)F)C(=C(N)C2CCN(c3ccc(CC(C)C)nc3)CC2)C(N)=N1. The van der Waals surface area contributed by atoms with Crippen LogP contribution in [-0.4, -0.2) is 30.1 Å². The summed E-state index contributed by atoms with van der Waals surface area (Å²) < 4.78 is 40.8. The van der Waals surface area contributed by atoms with E-state index in [2.05, 4.69) is 41.4 Å². The third-order valence-electron chi connectivity index (χ3n) is 5.78. The molecule has 1 unspecified atom stereocenters. The number of halogens is 3. The van der Waals surface area contributed by atoms with E-state index in [9.17, 15) is 13.2 Å². The molecule has 0 radical (unpaired) electrons. The van der Waals surface area contributed by atoms with Gasteiger partial charge in [-0.05, 0) is 37.3 Å². The van der Waals surface area contributed by atoms with Crippen molar-refractivity contribution in [1.29, 1.82) is 0 Å². The Morgan fingerprint density at radius 3 is 2.47 bits per heavy atom. The largest absolute Gasteiger partial charge is 0.401 e. The van der Waals surface area contributed by atoms with Crippen molar-refractivity contribution in [2.75, 3.05) is 18.0 Å². The molecular weight excluding hydrogens is 391 g/mol. The molecule has 0 aliphatic carbocycles. The summed E-state index contributed by atoms with van der Waals surface area (Å²) in [7, 11) is 0. The average Bonchev–Trinajstić information content (AvgIpc) is 2.66. The van der Waals surface area contributed by atoms with Gasteiger partial charge < -0.3 is 16.4 Å². The van der Waals surface area contributed by atoms with E-state index in [1.165, 1.54) is 0 Å². The summed E-state index contributed by atoms with van der Waals surface area (Å²) in [5.41, 5.74) is 14.5. The van der Waals surface area contributed by atoms with Gasteiger partial charge in [-0.2, -0.15) is 13.2 Å². The van der Waals surface area contributed by atoms with Gasteiger partial charge in [0.15, 0.2) is 0 Å². The summed E-state index contributed by atoms with van der Waals surface area (Å²) in [6.45, 7) is 9.26. The maximum Gasteiger partial charge on any atom is 0.396 e. The molecule has 1 atom stereocenters. The van der Waals surface area contributed by atoms with E-state index in [0.29, 0.717) is 31.8 Å². The van der Waals surface area contributed by atoms with Gasteiger partial charge in [0.25, 0.3) is 0 Å². The van der Waals surface area contributed by atoms with Gasteiger partial charge in [0.2, 0.25) is 0 Å². The molecule has 1 saturated heterocycles. The van der Waals surface area contributed by atoms with Crippen LogP contribution in [0.15, 0.2) is 46.9 Å². The maximum atomic E-state index is 13.6. The smallest absolute Gasteiger partial charge is 0.396 e. The number of amidine groups is 1. The molecule has 1 fully saturated rings. The van der Waals surface area contributed by atoms with Crippen molar-refractivity contribution < 1.29 is 13.2 Å². The van der Waals surface area contributed by atoms with Crippen LogP contribution >= 0.6 is 0 Å². The summed E-state index contributed by atoms with van der Waals surface area (Å²) in [6.07, 6.45) is -0.621. The maximum absolute atomic E-state index is 13.6. The number of allylic oxidation sites excluding steroid dienone is 2. The van der Waals surface area contributed by atoms with E-state index in [4.69, 9.17) is 11.5 Å². The number of anilines is 1. The molecule has 3 rings (SSSR count). The number of aliphatic imine (C=N–C) groups is 1. The molecule has 30 heavy (non-hydrogen) atoms. The Bertz CT molecular complexity index is 831. The van der Waals surface area contributed by atoms with Crippen molar-refractivity contribution in [3.8, 4) is 0 Å². The van der Waals surface area contributed by atoms with Gasteiger partial charge in [-0.1, -0.05) is 20.4 Å². The zero-order chi connectivity index (χ0) is 22.1. The van der Waals surface area contributed by atoms with Crippen molar-refractivity contribution in [3.63, 3.8) is 0 Å². The zero-order valence-electron chi connectivity index (χ0n) is 17.5. The van der Waals surface area contributed by atoms with Crippen LogP contribution in [0.3, 0.4) is 0 Å². The average molecular weight is 422 g/mol. The van der Waals surface area contributed by atoms with E-state index < -0.39 is 12.1 Å². The minimum atomic E-state index is -4.44. The second-order valence-corrected chi connectivity index (χ2v) is 8.60. The molecule has 0 amide bonds. The second-order valence-electron chi connectivity index (χ2n) is 8.60. The first kappa shape index (κ1) is 22.2. The number of pyridine rings is 1. The van der Waals surface area contributed by atoms with E-state index in [-0.39, 0.29) is 35.1 Å². The Labute approximate surface area is 175 Å². The molecular formula is C22H30F3N5. The van der Waals surface area contributed by atoms with Crippen LogP contribution < -0.4 is 16.4 Å². The predicted octanol–water partition coefficient (Wildman–Crippen LogP) is 4.16.